The minimum atomic E-state index is -0.500. The first-order chi connectivity index (χ1) is 10.1. The van der Waals surface area contributed by atoms with Gasteiger partial charge in [-0.15, -0.1) is 0 Å². The Hall–Kier alpha value is -2.57. The summed E-state index contributed by atoms with van der Waals surface area (Å²) < 4.78 is 9.29. The zero-order chi connectivity index (χ0) is 15.7. The smallest absolute Gasteiger partial charge is 0.337 e. The van der Waals surface area contributed by atoms with Gasteiger partial charge in [0.15, 0.2) is 0 Å². The average Bonchev–Trinajstić information content (AvgIpc) is 2.50. The summed E-state index contributed by atoms with van der Waals surface area (Å²) in [6.45, 7) is 1.98. The predicted octanol–water partition coefficient (Wildman–Crippen LogP) is 0.835. The minimum Gasteiger partial charge on any atom is -0.465 e. The summed E-state index contributed by atoms with van der Waals surface area (Å²) in [6.07, 6.45) is 0. The lowest BCUT2D eigenvalue weighted by Crippen LogP contribution is -2.38. The monoisotopic (exact) mass is 294 g/mol. The molecule has 0 aliphatic carbocycles. The molecule has 2 N–H and O–H groups in total. The molecule has 1 aromatic carbocycles. The van der Waals surface area contributed by atoms with E-state index in [-0.39, 0.29) is 19.7 Å². The van der Waals surface area contributed by atoms with Gasteiger partial charge in [-0.3, -0.25) is 4.79 Å². The molecule has 0 atom stereocenters. The number of esters is 2. The van der Waals surface area contributed by atoms with Crippen molar-refractivity contribution in [3.05, 3.63) is 35.4 Å². The van der Waals surface area contributed by atoms with Crippen molar-refractivity contribution in [2.45, 2.75) is 13.5 Å². The normalized spacial score (nSPS) is 9.62. The van der Waals surface area contributed by atoms with Crippen LogP contribution in [0.3, 0.4) is 0 Å². The summed E-state index contributed by atoms with van der Waals surface area (Å²) in [7, 11) is 1.30. The summed E-state index contributed by atoms with van der Waals surface area (Å²) in [6, 6.07) is 6.21. The maximum atomic E-state index is 11.5. The summed E-state index contributed by atoms with van der Waals surface area (Å²) in [5.41, 5.74) is 1.15. The van der Waals surface area contributed by atoms with Gasteiger partial charge in [0.05, 0.1) is 19.3 Å². The van der Waals surface area contributed by atoms with Crippen LogP contribution in [0.25, 0.3) is 0 Å². The van der Waals surface area contributed by atoms with Crippen LogP contribution in [0.15, 0.2) is 24.3 Å². The van der Waals surface area contributed by atoms with E-state index in [2.05, 4.69) is 20.1 Å². The van der Waals surface area contributed by atoms with Crippen molar-refractivity contribution >= 4 is 18.0 Å². The van der Waals surface area contributed by atoms with Crippen molar-refractivity contribution in [2.24, 2.45) is 0 Å². The molecule has 0 saturated carbocycles. The highest BCUT2D eigenvalue weighted by molar-refractivity contribution is 5.89. The van der Waals surface area contributed by atoms with E-state index in [1.165, 1.54) is 7.11 Å². The maximum Gasteiger partial charge on any atom is 0.337 e. The van der Waals surface area contributed by atoms with Gasteiger partial charge in [0.25, 0.3) is 0 Å². The fraction of sp³-hybridized carbons (Fsp3) is 0.357. The van der Waals surface area contributed by atoms with Gasteiger partial charge in [0, 0.05) is 6.54 Å². The summed E-state index contributed by atoms with van der Waals surface area (Å²) in [5.74, 6) is -0.941. The molecule has 0 unspecified atom stereocenters. The SMILES string of the molecule is CCOC(=O)CNC(=O)NCc1cccc(C(=O)OC)c1. The number of ether oxygens (including phenoxy) is 2. The highest BCUT2D eigenvalue weighted by Crippen LogP contribution is 2.06. The van der Waals surface area contributed by atoms with Gasteiger partial charge in [-0.2, -0.15) is 0 Å². The molecule has 7 heteroatoms. The van der Waals surface area contributed by atoms with Gasteiger partial charge >= 0.3 is 18.0 Å². The molecule has 0 spiro atoms. The molecule has 1 rings (SSSR count). The van der Waals surface area contributed by atoms with E-state index < -0.39 is 18.0 Å². The first kappa shape index (κ1) is 16.5. The molecule has 21 heavy (non-hydrogen) atoms. The Morgan fingerprint density at radius 1 is 1.19 bits per heavy atom. The van der Waals surface area contributed by atoms with E-state index in [0.717, 1.165) is 5.56 Å². The van der Waals surface area contributed by atoms with Crippen LogP contribution in [0, 0.1) is 0 Å². The molecule has 0 aliphatic heterocycles. The Morgan fingerprint density at radius 2 is 1.95 bits per heavy atom. The quantitative estimate of drug-likeness (QED) is 0.758. The lowest BCUT2D eigenvalue weighted by Gasteiger charge is -2.08. The maximum absolute atomic E-state index is 11.5. The number of methoxy groups -OCH3 is 1. The number of urea groups is 1. The number of hydrogen-bond donors (Lipinski definition) is 2. The largest absolute Gasteiger partial charge is 0.465 e. The number of rotatable bonds is 6. The van der Waals surface area contributed by atoms with Crippen LogP contribution in [0.4, 0.5) is 4.79 Å². The van der Waals surface area contributed by atoms with Crippen molar-refractivity contribution in [2.75, 3.05) is 20.3 Å². The van der Waals surface area contributed by atoms with Gasteiger partial charge in [-0.1, -0.05) is 12.1 Å². The fourth-order valence-electron chi connectivity index (χ4n) is 1.54. The Morgan fingerprint density at radius 3 is 2.62 bits per heavy atom. The number of carbonyl (C=O) groups is 3. The van der Waals surface area contributed by atoms with Gasteiger partial charge in [0.2, 0.25) is 0 Å². The van der Waals surface area contributed by atoms with Crippen molar-refractivity contribution < 1.29 is 23.9 Å². The lowest BCUT2D eigenvalue weighted by molar-refractivity contribution is -0.141. The van der Waals surface area contributed by atoms with Crippen LogP contribution in [0.5, 0.6) is 0 Å². The van der Waals surface area contributed by atoms with Crippen molar-refractivity contribution in [3.8, 4) is 0 Å². The molecule has 2 amide bonds. The standard InChI is InChI=1S/C14H18N2O5/c1-3-21-12(17)9-16-14(19)15-8-10-5-4-6-11(7-10)13(18)20-2/h4-7H,3,8-9H2,1-2H3,(H2,15,16,19). The Bertz CT molecular complexity index is 516. The summed E-state index contributed by atoms with van der Waals surface area (Å²) in [5, 5.41) is 4.94. The van der Waals surface area contributed by atoms with Crippen LogP contribution in [0.2, 0.25) is 0 Å². The van der Waals surface area contributed by atoms with Crippen LogP contribution in [-0.4, -0.2) is 38.2 Å². The Kier molecular flexibility index (Phi) is 6.73. The molecule has 0 fully saturated rings. The number of amides is 2. The fourth-order valence-corrected chi connectivity index (χ4v) is 1.54. The number of nitrogens with one attached hydrogen (secondary N) is 2. The number of benzene rings is 1. The second-order valence-electron chi connectivity index (χ2n) is 4.03. The van der Waals surface area contributed by atoms with Crippen molar-refractivity contribution in [3.63, 3.8) is 0 Å². The van der Waals surface area contributed by atoms with E-state index in [1.807, 2.05) is 0 Å². The molecule has 0 aliphatic rings. The third-order valence-corrected chi connectivity index (χ3v) is 2.50. The number of carbonyl (C=O) groups excluding carboxylic acids is 3. The van der Waals surface area contributed by atoms with Crippen molar-refractivity contribution in [1.82, 2.24) is 10.6 Å². The van der Waals surface area contributed by atoms with Gasteiger partial charge < -0.3 is 20.1 Å². The Balaban J connectivity index is 2.42. The molecule has 0 radical (unpaired) electrons. The average molecular weight is 294 g/mol. The van der Waals surface area contributed by atoms with E-state index in [0.29, 0.717) is 5.56 Å². The molecular formula is C14H18N2O5. The van der Waals surface area contributed by atoms with E-state index in [1.54, 1.807) is 31.2 Å². The number of hydrogen-bond acceptors (Lipinski definition) is 5. The van der Waals surface area contributed by atoms with Gasteiger partial charge in [-0.25, -0.2) is 9.59 Å². The highest BCUT2D eigenvalue weighted by atomic mass is 16.5. The first-order valence-corrected chi connectivity index (χ1v) is 6.41. The first-order valence-electron chi connectivity index (χ1n) is 6.41. The van der Waals surface area contributed by atoms with E-state index in [9.17, 15) is 14.4 Å². The molecule has 0 bridgehead atoms. The molecule has 7 nitrogen and oxygen atoms in total. The third-order valence-electron chi connectivity index (χ3n) is 2.50. The molecule has 0 aromatic heterocycles. The second-order valence-corrected chi connectivity index (χ2v) is 4.03. The molecule has 0 saturated heterocycles. The molecule has 114 valence electrons. The van der Waals surface area contributed by atoms with Crippen LogP contribution < -0.4 is 10.6 Å². The zero-order valence-corrected chi connectivity index (χ0v) is 12.0. The van der Waals surface area contributed by atoms with E-state index >= 15 is 0 Å². The lowest BCUT2D eigenvalue weighted by atomic mass is 10.1. The van der Waals surface area contributed by atoms with E-state index in [4.69, 9.17) is 0 Å². The summed E-state index contributed by atoms with van der Waals surface area (Å²) in [4.78, 5) is 33.9. The van der Waals surface area contributed by atoms with Gasteiger partial charge in [0.1, 0.15) is 6.54 Å². The molecular weight excluding hydrogens is 276 g/mol. The van der Waals surface area contributed by atoms with Crippen LogP contribution in [-0.2, 0) is 20.8 Å². The topological polar surface area (TPSA) is 93.7 Å². The Labute approximate surface area is 122 Å². The van der Waals surface area contributed by atoms with Crippen LogP contribution in [0.1, 0.15) is 22.8 Å². The second kappa shape index (κ2) is 8.57. The predicted molar refractivity (Wildman–Crippen MR) is 74.7 cm³/mol. The van der Waals surface area contributed by atoms with Crippen LogP contribution >= 0.6 is 0 Å². The third kappa shape index (κ3) is 5.94. The summed E-state index contributed by atoms with van der Waals surface area (Å²) >= 11 is 0. The highest BCUT2D eigenvalue weighted by Gasteiger charge is 2.07. The zero-order valence-electron chi connectivity index (χ0n) is 12.0. The molecule has 0 heterocycles. The van der Waals surface area contributed by atoms with Crippen molar-refractivity contribution in [1.29, 1.82) is 0 Å². The minimum absolute atomic E-state index is 0.193. The van der Waals surface area contributed by atoms with Gasteiger partial charge in [-0.05, 0) is 24.6 Å². The molecule has 1 aromatic rings.